The molecule has 1 aliphatic rings. The third-order valence-electron chi connectivity index (χ3n) is 7.65. The highest BCUT2D eigenvalue weighted by Gasteiger charge is 2.43. The Kier molecular flexibility index (Phi) is 9.12. The van der Waals surface area contributed by atoms with Gasteiger partial charge in [0, 0.05) is 18.2 Å². The van der Waals surface area contributed by atoms with E-state index in [4.69, 9.17) is 30.1 Å². The molecule has 9 heteroatoms. The number of nitrogens with zero attached hydrogens (tertiary/aromatic N) is 1. The molecule has 222 valence electrons. The molecule has 1 fully saturated rings. The molecule has 9 nitrogen and oxygen atoms in total. The fourth-order valence-corrected chi connectivity index (χ4v) is 5.43. The SMILES string of the molecule is C#CCO[C@H]1C[C@H](n2cc(C)c(=O)[nH]c2=O)O[C@@H]1COC(c1ccccc1)(c1ccc(OC)cc1)c1ccc(OC)cc1. The largest absolute Gasteiger partial charge is 0.497 e. The van der Waals surface area contributed by atoms with E-state index in [1.807, 2.05) is 78.9 Å². The van der Waals surface area contributed by atoms with Crippen molar-refractivity contribution in [1.29, 1.82) is 0 Å². The highest BCUT2D eigenvalue weighted by Crippen LogP contribution is 2.43. The van der Waals surface area contributed by atoms with Crippen LogP contribution in [-0.4, -0.2) is 49.2 Å². The number of hydrogen-bond acceptors (Lipinski definition) is 7. The van der Waals surface area contributed by atoms with Gasteiger partial charge < -0.3 is 23.7 Å². The van der Waals surface area contributed by atoms with Crippen LogP contribution in [0.2, 0.25) is 0 Å². The zero-order chi connectivity index (χ0) is 30.4. The van der Waals surface area contributed by atoms with E-state index in [9.17, 15) is 9.59 Å². The Morgan fingerprint density at radius 3 is 2.07 bits per heavy atom. The van der Waals surface area contributed by atoms with Crippen molar-refractivity contribution in [2.45, 2.75) is 37.4 Å². The molecule has 1 aliphatic heterocycles. The van der Waals surface area contributed by atoms with E-state index in [-0.39, 0.29) is 13.2 Å². The van der Waals surface area contributed by atoms with E-state index >= 15 is 0 Å². The summed E-state index contributed by atoms with van der Waals surface area (Å²) in [5.41, 5.74) is 0.961. The lowest BCUT2D eigenvalue weighted by atomic mass is 9.80. The van der Waals surface area contributed by atoms with Crippen molar-refractivity contribution in [1.82, 2.24) is 9.55 Å². The molecule has 1 N–H and O–H groups in total. The normalized spacial score (nSPS) is 18.2. The van der Waals surface area contributed by atoms with Gasteiger partial charge in [0.25, 0.3) is 5.56 Å². The van der Waals surface area contributed by atoms with Crippen LogP contribution in [0.3, 0.4) is 0 Å². The lowest BCUT2D eigenvalue weighted by Gasteiger charge is -2.37. The predicted molar refractivity (Wildman–Crippen MR) is 161 cm³/mol. The van der Waals surface area contributed by atoms with Crippen LogP contribution in [0.1, 0.15) is 34.9 Å². The maximum absolute atomic E-state index is 12.7. The quantitative estimate of drug-likeness (QED) is 0.209. The molecule has 0 spiro atoms. The van der Waals surface area contributed by atoms with Crippen LogP contribution in [-0.2, 0) is 19.8 Å². The molecular weight excluding hydrogens is 548 g/mol. The monoisotopic (exact) mass is 582 g/mol. The Morgan fingerprint density at radius 1 is 0.930 bits per heavy atom. The minimum Gasteiger partial charge on any atom is -0.497 e. The van der Waals surface area contributed by atoms with E-state index in [2.05, 4.69) is 10.9 Å². The lowest BCUT2D eigenvalue weighted by Crippen LogP contribution is -2.38. The first-order valence-electron chi connectivity index (χ1n) is 13.9. The zero-order valence-electron chi connectivity index (χ0n) is 24.3. The summed E-state index contributed by atoms with van der Waals surface area (Å²) < 4.78 is 31.6. The van der Waals surface area contributed by atoms with Gasteiger partial charge in [0.2, 0.25) is 0 Å². The van der Waals surface area contributed by atoms with Crippen LogP contribution in [0.5, 0.6) is 11.5 Å². The van der Waals surface area contributed by atoms with Gasteiger partial charge in [0.05, 0.1) is 26.9 Å². The topological polar surface area (TPSA) is 101 Å². The van der Waals surface area contributed by atoms with Crippen molar-refractivity contribution in [2.75, 3.05) is 27.4 Å². The number of terminal acetylenes is 1. The Morgan fingerprint density at radius 2 is 1.51 bits per heavy atom. The van der Waals surface area contributed by atoms with Crippen molar-refractivity contribution in [3.8, 4) is 23.8 Å². The first-order valence-corrected chi connectivity index (χ1v) is 13.9. The summed E-state index contributed by atoms with van der Waals surface area (Å²) in [6.45, 7) is 1.79. The van der Waals surface area contributed by atoms with Crippen LogP contribution >= 0.6 is 0 Å². The molecule has 0 bridgehead atoms. The van der Waals surface area contributed by atoms with Gasteiger partial charge in [0.15, 0.2) is 0 Å². The van der Waals surface area contributed by atoms with Crippen molar-refractivity contribution < 1.29 is 23.7 Å². The second kappa shape index (κ2) is 13.1. The highest BCUT2D eigenvalue weighted by molar-refractivity contribution is 5.49. The number of benzene rings is 3. The molecule has 0 radical (unpaired) electrons. The van der Waals surface area contributed by atoms with Gasteiger partial charge in [-0.25, -0.2) is 4.79 Å². The van der Waals surface area contributed by atoms with Gasteiger partial charge in [-0.1, -0.05) is 60.5 Å². The number of aromatic nitrogens is 2. The van der Waals surface area contributed by atoms with Crippen molar-refractivity contribution in [3.05, 3.63) is 128 Å². The molecule has 0 amide bonds. The fraction of sp³-hybridized carbons (Fsp3) is 0.294. The Labute approximate surface area is 250 Å². The average molecular weight is 583 g/mol. The third-order valence-corrected chi connectivity index (χ3v) is 7.65. The minimum absolute atomic E-state index is 0.0670. The summed E-state index contributed by atoms with van der Waals surface area (Å²) in [5.74, 6) is 3.94. The second-order valence-electron chi connectivity index (χ2n) is 10.2. The Hall–Kier alpha value is -4.62. The highest BCUT2D eigenvalue weighted by atomic mass is 16.6. The summed E-state index contributed by atoms with van der Waals surface area (Å²) in [7, 11) is 3.25. The summed E-state index contributed by atoms with van der Waals surface area (Å²) in [5, 5.41) is 0. The maximum Gasteiger partial charge on any atom is 0.330 e. The molecular formula is C34H34N2O7. The van der Waals surface area contributed by atoms with E-state index in [0.29, 0.717) is 23.5 Å². The molecule has 3 atom stereocenters. The van der Waals surface area contributed by atoms with Gasteiger partial charge in [0.1, 0.15) is 36.0 Å². The fourth-order valence-electron chi connectivity index (χ4n) is 5.43. The van der Waals surface area contributed by atoms with Crippen LogP contribution in [0.4, 0.5) is 0 Å². The number of nitrogens with one attached hydrogen (secondary N) is 1. The molecule has 0 unspecified atom stereocenters. The molecule has 43 heavy (non-hydrogen) atoms. The van der Waals surface area contributed by atoms with Crippen molar-refractivity contribution >= 4 is 0 Å². The first kappa shape index (κ1) is 29.9. The van der Waals surface area contributed by atoms with Crippen molar-refractivity contribution in [2.24, 2.45) is 0 Å². The molecule has 4 aromatic rings. The number of hydrogen-bond donors (Lipinski definition) is 1. The molecule has 5 rings (SSSR count). The van der Waals surface area contributed by atoms with Crippen LogP contribution in [0.25, 0.3) is 0 Å². The maximum atomic E-state index is 12.7. The second-order valence-corrected chi connectivity index (χ2v) is 10.2. The molecule has 0 saturated carbocycles. The standard InChI is InChI=1S/C34H34N2O7/c1-5-19-41-29-20-31(36-21-23(2)32(37)35-33(36)38)43-30(29)22-42-34(24-9-7-6-8-10-24,25-11-15-27(39-3)16-12-25)26-13-17-28(40-4)18-14-26/h1,6-18,21,29-31H,19-20,22H2,2-4H3,(H,35,37,38)/t29-,30+,31+/m0/s1. The summed E-state index contributed by atoms with van der Waals surface area (Å²) in [6.07, 6.45) is 5.60. The number of ether oxygens (including phenoxy) is 5. The van der Waals surface area contributed by atoms with Gasteiger partial charge >= 0.3 is 5.69 Å². The number of aryl methyl sites for hydroxylation is 1. The smallest absolute Gasteiger partial charge is 0.330 e. The molecule has 0 aliphatic carbocycles. The molecule has 1 saturated heterocycles. The molecule has 2 heterocycles. The van der Waals surface area contributed by atoms with E-state index in [1.54, 1.807) is 21.1 Å². The van der Waals surface area contributed by atoms with Crippen LogP contribution in [0.15, 0.2) is 94.6 Å². The molecule has 3 aromatic carbocycles. The van der Waals surface area contributed by atoms with Gasteiger partial charge in [-0.2, -0.15) is 0 Å². The van der Waals surface area contributed by atoms with E-state index in [0.717, 1.165) is 16.7 Å². The minimum atomic E-state index is -1.07. The Balaban J connectivity index is 1.57. The zero-order valence-corrected chi connectivity index (χ0v) is 24.3. The van der Waals surface area contributed by atoms with E-state index in [1.165, 1.54) is 10.8 Å². The van der Waals surface area contributed by atoms with Crippen LogP contribution in [0, 0.1) is 19.3 Å². The summed E-state index contributed by atoms with van der Waals surface area (Å²) in [4.78, 5) is 27.0. The van der Waals surface area contributed by atoms with Crippen LogP contribution < -0.4 is 20.7 Å². The number of aromatic amines is 1. The summed E-state index contributed by atoms with van der Waals surface area (Å²) in [6, 6.07) is 25.4. The third kappa shape index (κ3) is 6.13. The average Bonchev–Trinajstić information content (AvgIpc) is 3.45. The Bertz CT molecular complexity index is 1620. The first-order chi connectivity index (χ1) is 20.9. The molecule has 1 aromatic heterocycles. The number of rotatable bonds is 11. The number of H-pyrrole nitrogens is 1. The lowest BCUT2D eigenvalue weighted by molar-refractivity contribution is -0.102. The summed E-state index contributed by atoms with van der Waals surface area (Å²) >= 11 is 0. The van der Waals surface area contributed by atoms with Gasteiger partial charge in [-0.15, -0.1) is 6.42 Å². The van der Waals surface area contributed by atoms with Gasteiger partial charge in [-0.05, 0) is 47.9 Å². The predicted octanol–water partition coefficient (Wildman–Crippen LogP) is 4.18. The van der Waals surface area contributed by atoms with Crippen molar-refractivity contribution in [3.63, 3.8) is 0 Å². The van der Waals surface area contributed by atoms with E-state index < -0.39 is 35.3 Å². The van der Waals surface area contributed by atoms with Gasteiger partial charge in [-0.3, -0.25) is 14.3 Å². The number of methoxy groups -OCH3 is 2.